The van der Waals surface area contributed by atoms with Crippen molar-refractivity contribution in [3.63, 3.8) is 0 Å². The van der Waals surface area contributed by atoms with Crippen molar-refractivity contribution in [1.29, 1.82) is 0 Å². The van der Waals surface area contributed by atoms with E-state index in [0.717, 1.165) is 6.42 Å². The normalized spacial score (nSPS) is 22.2. The molecule has 0 bridgehead atoms. The predicted octanol–water partition coefficient (Wildman–Crippen LogP) is 2.57. The first-order valence-corrected chi connectivity index (χ1v) is 6.77. The lowest BCUT2D eigenvalue weighted by Crippen LogP contribution is -2.40. The number of halogens is 2. The van der Waals surface area contributed by atoms with Gasteiger partial charge in [0.05, 0.1) is 11.5 Å². The van der Waals surface area contributed by atoms with Gasteiger partial charge >= 0.3 is 5.97 Å². The second kappa shape index (κ2) is 5.69. The largest absolute Gasteiger partial charge is 0.481 e. The van der Waals surface area contributed by atoms with E-state index < -0.39 is 29.7 Å². The van der Waals surface area contributed by atoms with Gasteiger partial charge in [0.25, 0.3) is 5.91 Å². The third-order valence-corrected chi connectivity index (χ3v) is 3.82. The van der Waals surface area contributed by atoms with Crippen LogP contribution in [-0.2, 0) is 4.79 Å². The lowest BCUT2D eigenvalue weighted by atomic mass is 10.0. The number of carbonyl (C=O) groups excluding carboxylic acids is 1. The minimum atomic E-state index is -0.919. The second-order valence-electron chi connectivity index (χ2n) is 4.58. The molecule has 4 nitrogen and oxygen atoms in total. The summed E-state index contributed by atoms with van der Waals surface area (Å²) in [5, 5.41) is 11.6. The van der Waals surface area contributed by atoms with Gasteiger partial charge in [-0.2, -0.15) is 0 Å². The van der Waals surface area contributed by atoms with E-state index >= 15 is 0 Å². The Morgan fingerprint density at radius 1 is 1.37 bits per heavy atom. The minimum absolute atomic E-state index is 0.0783. The number of aliphatic carboxylic acids is 1. The summed E-state index contributed by atoms with van der Waals surface area (Å²) in [5.41, 5.74) is -0.0783. The van der Waals surface area contributed by atoms with Gasteiger partial charge in [-0.25, -0.2) is 4.39 Å². The molecular weight excluding hydrogens is 317 g/mol. The predicted molar refractivity (Wildman–Crippen MR) is 70.3 cm³/mol. The number of carboxylic acids is 1. The average molecular weight is 330 g/mol. The monoisotopic (exact) mass is 329 g/mol. The van der Waals surface area contributed by atoms with Crippen LogP contribution in [0.3, 0.4) is 0 Å². The second-order valence-corrected chi connectivity index (χ2v) is 5.50. The van der Waals surface area contributed by atoms with Gasteiger partial charge in [-0.3, -0.25) is 9.59 Å². The van der Waals surface area contributed by atoms with Gasteiger partial charge in [0.2, 0.25) is 0 Å². The van der Waals surface area contributed by atoms with Crippen molar-refractivity contribution in [2.24, 2.45) is 5.92 Å². The molecule has 0 aliphatic heterocycles. The highest BCUT2D eigenvalue weighted by Gasteiger charge is 2.34. The molecular formula is C13H13BrFNO3. The maximum atomic E-state index is 13.6. The van der Waals surface area contributed by atoms with Crippen molar-refractivity contribution >= 4 is 27.8 Å². The first-order chi connectivity index (χ1) is 8.99. The smallest absolute Gasteiger partial charge is 0.308 e. The van der Waals surface area contributed by atoms with Crippen LogP contribution in [0.4, 0.5) is 4.39 Å². The zero-order valence-electron chi connectivity index (χ0n) is 10.0. The van der Waals surface area contributed by atoms with Crippen molar-refractivity contribution in [2.45, 2.75) is 25.3 Å². The lowest BCUT2D eigenvalue weighted by Gasteiger charge is -2.17. The number of carbonyl (C=O) groups is 2. The van der Waals surface area contributed by atoms with Crippen LogP contribution in [0.15, 0.2) is 22.7 Å². The molecule has 1 aromatic rings. The Kier molecular flexibility index (Phi) is 4.19. The van der Waals surface area contributed by atoms with Crippen molar-refractivity contribution in [1.82, 2.24) is 5.32 Å². The third kappa shape index (κ3) is 3.12. The molecule has 0 heterocycles. The van der Waals surface area contributed by atoms with Gasteiger partial charge in [-0.1, -0.05) is 22.4 Å². The third-order valence-electron chi connectivity index (χ3n) is 3.32. The maximum Gasteiger partial charge on any atom is 0.308 e. The summed E-state index contributed by atoms with van der Waals surface area (Å²) >= 11 is 3.17. The summed E-state index contributed by atoms with van der Waals surface area (Å²) in [6.07, 6.45) is 1.91. The molecule has 1 saturated carbocycles. The van der Waals surface area contributed by atoms with E-state index in [9.17, 15) is 14.0 Å². The van der Waals surface area contributed by atoms with Gasteiger partial charge in [0.15, 0.2) is 0 Å². The molecule has 2 atom stereocenters. The van der Waals surface area contributed by atoms with Crippen molar-refractivity contribution in [2.75, 3.05) is 0 Å². The highest BCUT2D eigenvalue weighted by molar-refractivity contribution is 9.10. The number of carboxylic acid groups (broad SMARTS) is 1. The van der Waals surface area contributed by atoms with Gasteiger partial charge in [-0.05, 0) is 31.0 Å². The van der Waals surface area contributed by atoms with Crippen LogP contribution in [-0.4, -0.2) is 23.0 Å². The first kappa shape index (κ1) is 14.0. The Labute approximate surface area is 118 Å². The molecule has 0 saturated heterocycles. The molecule has 0 radical (unpaired) electrons. The summed E-state index contributed by atoms with van der Waals surface area (Å²) in [4.78, 5) is 23.0. The molecule has 0 unspecified atom stereocenters. The molecule has 6 heteroatoms. The highest BCUT2D eigenvalue weighted by atomic mass is 79.9. The fourth-order valence-electron chi connectivity index (χ4n) is 2.35. The van der Waals surface area contributed by atoms with E-state index in [1.54, 1.807) is 0 Å². The van der Waals surface area contributed by atoms with Crippen molar-refractivity contribution < 1.29 is 19.1 Å². The van der Waals surface area contributed by atoms with Gasteiger partial charge < -0.3 is 10.4 Å². The number of benzene rings is 1. The SMILES string of the molecule is O=C(N[C@H]1CCC[C@H]1C(=O)O)c1cc(Br)ccc1F. The van der Waals surface area contributed by atoms with Crippen LogP contribution in [0.1, 0.15) is 29.6 Å². The molecule has 0 aromatic heterocycles. The Balaban J connectivity index is 2.12. The number of nitrogens with one attached hydrogen (secondary N) is 1. The summed E-state index contributed by atoms with van der Waals surface area (Å²) in [5.74, 6) is -2.70. The highest BCUT2D eigenvalue weighted by Crippen LogP contribution is 2.26. The van der Waals surface area contributed by atoms with E-state index in [0.29, 0.717) is 17.3 Å². The molecule has 2 rings (SSSR count). The van der Waals surface area contributed by atoms with Gasteiger partial charge in [0.1, 0.15) is 5.82 Å². The Morgan fingerprint density at radius 3 is 2.79 bits per heavy atom. The van der Waals surface area contributed by atoms with Crippen LogP contribution >= 0.6 is 15.9 Å². The molecule has 19 heavy (non-hydrogen) atoms. The Bertz CT molecular complexity index is 521. The molecule has 1 aliphatic carbocycles. The van der Waals surface area contributed by atoms with Crippen molar-refractivity contribution in [3.8, 4) is 0 Å². The molecule has 1 amide bonds. The molecule has 102 valence electrons. The van der Waals surface area contributed by atoms with E-state index in [4.69, 9.17) is 5.11 Å². The van der Waals surface area contributed by atoms with Gasteiger partial charge in [0, 0.05) is 10.5 Å². The van der Waals surface area contributed by atoms with E-state index in [1.807, 2.05) is 0 Å². The fourth-order valence-corrected chi connectivity index (χ4v) is 2.71. The summed E-state index contributed by atoms with van der Waals surface area (Å²) < 4.78 is 14.1. The molecule has 2 N–H and O–H groups in total. The van der Waals surface area contributed by atoms with E-state index in [-0.39, 0.29) is 5.56 Å². The van der Waals surface area contributed by atoms with Gasteiger partial charge in [-0.15, -0.1) is 0 Å². The van der Waals surface area contributed by atoms with E-state index in [2.05, 4.69) is 21.2 Å². The van der Waals surface area contributed by atoms with Crippen LogP contribution in [0.25, 0.3) is 0 Å². The number of hydrogen-bond donors (Lipinski definition) is 2. The van der Waals surface area contributed by atoms with Crippen molar-refractivity contribution in [3.05, 3.63) is 34.1 Å². The lowest BCUT2D eigenvalue weighted by molar-refractivity contribution is -0.142. The van der Waals surface area contributed by atoms with Crippen LogP contribution < -0.4 is 5.32 Å². The zero-order chi connectivity index (χ0) is 14.0. The standard InChI is InChI=1S/C13H13BrFNO3/c14-7-4-5-10(15)9(6-7)12(17)16-11-3-1-2-8(11)13(18)19/h4-6,8,11H,1-3H2,(H,16,17)(H,18,19)/t8-,11+/m1/s1. The topological polar surface area (TPSA) is 66.4 Å². The van der Waals surface area contributed by atoms with E-state index in [1.165, 1.54) is 18.2 Å². The molecule has 1 fully saturated rings. The average Bonchev–Trinajstić information content (AvgIpc) is 2.80. The van der Waals surface area contributed by atoms with Crippen LogP contribution in [0.5, 0.6) is 0 Å². The quantitative estimate of drug-likeness (QED) is 0.895. The molecule has 0 spiro atoms. The first-order valence-electron chi connectivity index (χ1n) is 5.98. The minimum Gasteiger partial charge on any atom is -0.481 e. The summed E-state index contributed by atoms with van der Waals surface area (Å²) in [6.45, 7) is 0. The maximum absolute atomic E-state index is 13.6. The summed E-state index contributed by atoms with van der Waals surface area (Å²) in [7, 11) is 0. The Hall–Kier alpha value is -1.43. The molecule has 1 aromatic carbocycles. The number of amides is 1. The zero-order valence-corrected chi connectivity index (χ0v) is 11.6. The summed E-state index contributed by atoms with van der Waals surface area (Å²) in [6, 6.07) is 3.66. The van der Waals surface area contributed by atoms with Crippen LogP contribution in [0, 0.1) is 11.7 Å². The number of hydrogen-bond acceptors (Lipinski definition) is 2. The molecule has 1 aliphatic rings. The van der Waals surface area contributed by atoms with Crippen LogP contribution in [0.2, 0.25) is 0 Å². The number of rotatable bonds is 3. The Morgan fingerprint density at radius 2 is 2.11 bits per heavy atom. The fraction of sp³-hybridized carbons (Fsp3) is 0.385.